The van der Waals surface area contributed by atoms with Crippen molar-refractivity contribution in [1.82, 2.24) is 14.5 Å². The lowest BCUT2D eigenvalue weighted by molar-refractivity contribution is -0.139. The van der Waals surface area contributed by atoms with Crippen LogP contribution in [0, 0.1) is 6.92 Å². The quantitative estimate of drug-likeness (QED) is 0.183. The molecule has 5 rings (SSSR count). The first kappa shape index (κ1) is 29.8. The predicted molar refractivity (Wildman–Crippen MR) is 162 cm³/mol. The zero-order chi connectivity index (χ0) is 30.0. The number of aryl methyl sites for hydroxylation is 1. The Morgan fingerprint density at radius 2 is 2.00 bits per heavy atom. The number of carbonyl (C=O) groups is 1. The van der Waals surface area contributed by atoms with E-state index in [-0.39, 0.29) is 17.7 Å². The molecule has 4 aromatic rings. The van der Waals surface area contributed by atoms with Gasteiger partial charge in [0.05, 0.1) is 42.2 Å². The van der Waals surface area contributed by atoms with Crippen molar-refractivity contribution >= 4 is 51.1 Å². The minimum Gasteiger partial charge on any atom is -0.493 e. The van der Waals surface area contributed by atoms with Crippen molar-refractivity contribution in [2.75, 3.05) is 20.3 Å². The molecular formula is C29H27BrN4O6S2. The van der Waals surface area contributed by atoms with E-state index < -0.39 is 12.0 Å². The van der Waals surface area contributed by atoms with Crippen LogP contribution < -0.4 is 24.4 Å². The number of hydrogen-bond acceptors (Lipinski definition) is 11. The molecular weight excluding hydrogens is 644 g/mol. The van der Waals surface area contributed by atoms with Crippen LogP contribution in [0.4, 0.5) is 0 Å². The number of methoxy groups -OCH3 is 1. The third-order valence-corrected chi connectivity index (χ3v) is 8.70. The van der Waals surface area contributed by atoms with Gasteiger partial charge in [0.2, 0.25) is 0 Å². The number of aromatic nitrogens is 3. The molecule has 0 spiro atoms. The number of fused-ring (bicyclic) bond motifs is 1. The normalized spacial score (nSPS) is 14.9. The summed E-state index contributed by atoms with van der Waals surface area (Å²) < 4.78 is 25.2. The highest BCUT2D eigenvalue weighted by atomic mass is 79.9. The molecule has 42 heavy (non-hydrogen) atoms. The molecule has 10 nitrogen and oxygen atoms in total. The van der Waals surface area contributed by atoms with Gasteiger partial charge >= 0.3 is 5.97 Å². The maximum Gasteiger partial charge on any atom is 0.338 e. The van der Waals surface area contributed by atoms with Crippen LogP contribution in [0.1, 0.15) is 43.8 Å². The maximum absolute atomic E-state index is 14.0. The van der Waals surface area contributed by atoms with Gasteiger partial charge in [0, 0.05) is 22.4 Å². The summed E-state index contributed by atoms with van der Waals surface area (Å²) in [5.41, 5.74) is 1.87. The van der Waals surface area contributed by atoms with E-state index in [2.05, 4.69) is 30.9 Å². The summed E-state index contributed by atoms with van der Waals surface area (Å²) in [6, 6.07) is 8.10. The van der Waals surface area contributed by atoms with Crippen LogP contribution >= 0.6 is 39.0 Å². The highest BCUT2D eigenvalue weighted by Crippen LogP contribution is 2.41. The van der Waals surface area contributed by atoms with Gasteiger partial charge in [0.1, 0.15) is 5.76 Å². The van der Waals surface area contributed by atoms with Crippen LogP contribution in [-0.2, 0) is 9.53 Å². The zero-order valence-electron chi connectivity index (χ0n) is 23.5. The Morgan fingerprint density at radius 1 is 1.19 bits per heavy atom. The van der Waals surface area contributed by atoms with Crippen LogP contribution in [0.5, 0.6) is 11.5 Å². The van der Waals surface area contributed by atoms with E-state index in [0.717, 1.165) is 5.69 Å². The minimum atomic E-state index is -0.830. The first-order valence-electron chi connectivity index (χ1n) is 13.0. The Labute approximate surface area is 257 Å². The van der Waals surface area contributed by atoms with Crippen LogP contribution in [0.2, 0.25) is 0 Å². The van der Waals surface area contributed by atoms with Crippen LogP contribution in [0.25, 0.3) is 6.08 Å². The average molecular weight is 672 g/mol. The lowest BCUT2D eigenvalue weighted by Crippen LogP contribution is -2.40. The third-order valence-electron chi connectivity index (χ3n) is 6.23. The SMILES string of the molecule is CCOC(=O)C1=C(C)N=c2s/c(=C/c3ccc(Sc4nccc(C)n4)o3)c(=O)n2[C@H]1c1cc(OCC)c(OC)cc1Br. The monoisotopic (exact) mass is 670 g/mol. The van der Waals surface area contributed by atoms with Gasteiger partial charge in [-0.05, 0) is 75.4 Å². The number of furan rings is 1. The van der Waals surface area contributed by atoms with Gasteiger partial charge < -0.3 is 18.6 Å². The van der Waals surface area contributed by atoms with Gasteiger partial charge in [-0.25, -0.2) is 19.8 Å². The second kappa shape index (κ2) is 12.7. The number of benzene rings is 1. The van der Waals surface area contributed by atoms with Crippen molar-refractivity contribution in [2.45, 2.75) is 44.0 Å². The largest absolute Gasteiger partial charge is 0.493 e. The number of esters is 1. The van der Waals surface area contributed by atoms with Crippen molar-refractivity contribution < 1.29 is 23.4 Å². The fourth-order valence-corrected chi connectivity index (χ4v) is 6.76. The summed E-state index contributed by atoms with van der Waals surface area (Å²) in [7, 11) is 1.55. The molecule has 0 N–H and O–H groups in total. The van der Waals surface area contributed by atoms with E-state index in [4.69, 9.17) is 18.6 Å². The molecule has 1 aliphatic heterocycles. The molecule has 0 fully saturated rings. The number of carbonyl (C=O) groups excluding carboxylic acids is 1. The van der Waals surface area contributed by atoms with E-state index in [1.807, 2.05) is 19.9 Å². The highest BCUT2D eigenvalue weighted by molar-refractivity contribution is 9.10. The van der Waals surface area contributed by atoms with Crippen LogP contribution in [0.3, 0.4) is 0 Å². The topological polar surface area (TPSA) is 118 Å². The summed E-state index contributed by atoms with van der Waals surface area (Å²) in [6.07, 6.45) is 3.36. The lowest BCUT2D eigenvalue weighted by Gasteiger charge is -2.26. The van der Waals surface area contributed by atoms with Crippen LogP contribution in [0.15, 0.2) is 76.7 Å². The average Bonchev–Trinajstić information content (AvgIpc) is 3.52. The van der Waals surface area contributed by atoms with Gasteiger partial charge in [0.25, 0.3) is 5.56 Å². The molecule has 0 unspecified atom stereocenters. The molecule has 4 heterocycles. The summed E-state index contributed by atoms with van der Waals surface area (Å²) in [4.78, 5) is 41.0. The number of allylic oxidation sites excluding steroid dienone is 1. The zero-order valence-corrected chi connectivity index (χ0v) is 26.7. The van der Waals surface area contributed by atoms with Gasteiger partial charge in [-0.15, -0.1) is 0 Å². The van der Waals surface area contributed by atoms with Crippen molar-refractivity contribution in [2.24, 2.45) is 4.99 Å². The summed E-state index contributed by atoms with van der Waals surface area (Å²) in [5, 5.41) is 1.15. The van der Waals surface area contributed by atoms with Crippen molar-refractivity contribution in [3.8, 4) is 11.5 Å². The molecule has 1 aliphatic rings. The number of halogens is 1. The molecule has 13 heteroatoms. The number of thiazole rings is 1. The van der Waals surface area contributed by atoms with E-state index in [9.17, 15) is 9.59 Å². The molecule has 1 atom stereocenters. The van der Waals surface area contributed by atoms with E-state index >= 15 is 0 Å². The van der Waals surface area contributed by atoms with Gasteiger partial charge in [0.15, 0.2) is 26.5 Å². The predicted octanol–water partition coefficient (Wildman–Crippen LogP) is 4.81. The summed E-state index contributed by atoms with van der Waals surface area (Å²) in [5.74, 6) is 0.930. The molecule has 0 saturated carbocycles. The Morgan fingerprint density at radius 3 is 2.71 bits per heavy atom. The maximum atomic E-state index is 14.0. The standard InChI is InChI=1S/C29H27BrN4O6S2/c1-6-38-21-13-18(19(30)14-20(21)37-5)25-24(27(36)39-7-2)16(4)33-29-34(25)26(35)22(41-29)12-17-8-9-23(40-17)42-28-31-11-10-15(3)32-28/h8-14,25H,6-7H2,1-5H3/b22-12+/t25-/m0/s1. The van der Waals surface area contributed by atoms with Gasteiger partial charge in [-0.3, -0.25) is 9.36 Å². The van der Waals surface area contributed by atoms with Crippen molar-refractivity contribution in [3.63, 3.8) is 0 Å². The summed E-state index contributed by atoms with van der Waals surface area (Å²) >= 11 is 6.12. The molecule has 3 aromatic heterocycles. The van der Waals surface area contributed by atoms with Crippen LogP contribution in [-0.4, -0.2) is 40.8 Å². The fourth-order valence-electron chi connectivity index (χ4n) is 4.44. The highest BCUT2D eigenvalue weighted by Gasteiger charge is 2.35. The first-order chi connectivity index (χ1) is 20.2. The number of ether oxygens (including phenoxy) is 3. The molecule has 1 aromatic carbocycles. The molecule has 0 bridgehead atoms. The van der Waals surface area contributed by atoms with E-state index in [1.54, 1.807) is 57.5 Å². The van der Waals surface area contributed by atoms with E-state index in [1.165, 1.54) is 27.7 Å². The Kier molecular flexibility index (Phi) is 8.99. The lowest BCUT2D eigenvalue weighted by atomic mass is 9.95. The molecule has 0 aliphatic carbocycles. The molecule has 218 valence electrons. The first-order valence-corrected chi connectivity index (χ1v) is 15.4. The Balaban J connectivity index is 1.63. The Hall–Kier alpha value is -3.68. The number of hydrogen-bond donors (Lipinski definition) is 0. The Bertz CT molecular complexity index is 1880. The van der Waals surface area contributed by atoms with E-state index in [0.29, 0.717) is 59.2 Å². The fraction of sp³-hybridized carbons (Fsp3) is 0.276. The van der Waals surface area contributed by atoms with Gasteiger partial charge in [-0.2, -0.15) is 0 Å². The second-order valence-corrected chi connectivity index (χ2v) is 11.8. The minimum absolute atomic E-state index is 0.174. The molecule has 0 saturated heterocycles. The smallest absolute Gasteiger partial charge is 0.338 e. The third kappa shape index (κ3) is 5.94. The molecule has 0 amide bonds. The van der Waals surface area contributed by atoms with Gasteiger partial charge in [-0.1, -0.05) is 27.3 Å². The van der Waals surface area contributed by atoms with Crippen molar-refractivity contribution in [1.29, 1.82) is 0 Å². The summed E-state index contributed by atoms with van der Waals surface area (Å²) in [6.45, 7) is 7.80. The molecule has 0 radical (unpaired) electrons. The van der Waals surface area contributed by atoms with Crippen molar-refractivity contribution in [3.05, 3.63) is 89.0 Å². The number of rotatable bonds is 9. The number of nitrogens with zero attached hydrogens (tertiary/aromatic N) is 4. The second-order valence-electron chi connectivity index (χ2n) is 9.00.